The lowest BCUT2D eigenvalue weighted by atomic mass is 10.1. The molecule has 1 heterocycles. The number of hydrogen-bond donors (Lipinski definition) is 1. The molecule has 3 rings (SSSR count). The number of imidazole rings is 1. The smallest absolute Gasteiger partial charge is 0.164 e. The minimum Gasteiger partial charge on any atom is -0.496 e. The van der Waals surface area contributed by atoms with Crippen molar-refractivity contribution >= 4 is 5.82 Å². The Morgan fingerprint density at radius 3 is 2.24 bits per heavy atom. The number of nitrogen functional groups attached to an aromatic ring is 1. The number of nitrogens with zero attached hydrogens (tertiary/aromatic N) is 2. The van der Waals surface area contributed by atoms with E-state index in [1.807, 2.05) is 10.6 Å². The lowest BCUT2D eigenvalue weighted by Gasteiger charge is -2.13. The van der Waals surface area contributed by atoms with Crippen molar-refractivity contribution in [3.63, 3.8) is 0 Å². The Morgan fingerprint density at radius 2 is 1.67 bits per heavy atom. The number of hydrogen-bond acceptors (Lipinski definition) is 5. The normalized spacial score (nSPS) is 14.0. The van der Waals surface area contributed by atoms with Crippen molar-refractivity contribution < 1.29 is 14.2 Å². The first-order valence-corrected chi connectivity index (χ1v) is 6.82. The molecule has 1 fully saturated rings. The quantitative estimate of drug-likeness (QED) is 0.915. The molecule has 2 N–H and O–H groups in total. The maximum absolute atomic E-state index is 6.23. The Bertz CT molecular complexity index is 662. The molecule has 0 amide bonds. The topological polar surface area (TPSA) is 71.5 Å². The zero-order valence-electron chi connectivity index (χ0n) is 12.4. The number of anilines is 1. The minimum atomic E-state index is 0.484. The number of methoxy groups -OCH3 is 3. The standard InChI is InChI=1S/C15H19N3O3/c1-19-11-7-13(21-3)12(20-2)6-10(11)14-15(16)18(8-17-14)9-4-5-9/h6-9H,4-5,16H2,1-3H3. The fourth-order valence-electron chi connectivity index (χ4n) is 2.44. The largest absolute Gasteiger partial charge is 0.496 e. The molecular weight excluding hydrogens is 270 g/mol. The van der Waals surface area contributed by atoms with E-state index in [1.54, 1.807) is 33.7 Å². The molecule has 6 nitrogen and oxygen atoms in total. The molecule has 0 aliphatic heterocycles. The van der Waals surface area contributed by atoms with Gasteiger partial charge in [0.25, 0.3) is 0 Å². The van der Waals surface area contributed by atoms with Crippen LogP contribution >= 0.6 is 0 Å². The average molecular weight is 289 g/mol. The summed E-state index contributed by atoms with van der Waals surface area (Å²) in [6, 6.07) is 4.11. The van der Waals surface area contributed by atoms with Crippen LogP contribution in [0.2, 0.25) is 0 Å². The highest BCUT2D eigenvalue weighted by Crippen LogP contribution is 2.44. The summed E-state index contributed by atoms with van der Waals surface area (Å²) in [5, 5.41) is 0. The van der Waals surface area contributed by atoms with Crippen molar-refractivity contribution in [2.24, 2.45) is 0 Å². The molecule has 0 spiro atoms. The molecule has 1 aliphatic rings. The van der Waals surface area contributed by atoms with Crippen molar-refractivity contribution in [3.8, 4) is 28.5 Å². The Labute approximate surface area is 123 Å². The third kappa shape index (κ3) is 2.26. The van der Waals surface area contributed by atoms with Gasteiger partial charge in [-0.3, -0.25) is 0 Å². The van der Waals surface area contributed by atoms with Crippen LogP contribution in [0.4, 0.5) is 5.82 Å². The predicted molar refractivity (Wildman–Crippen MR) is 80.0 cm³/mol. The summed E-state index contributed by atoms with van der Waals surface area (Å²) in [6.45, 7) is 0. The summed E-state index contributed by atoms with van der Waals surface area (Å²) in [5.74, 6) is 2.54. The molecule has 1 saturated carbocycles. The zero-order valence-corrected chi connectivity index (χ0v) is 12.4. The van der Waals surface area contributed by atoms with Crippen molar-refractivity contribution in [1.82, 2.24) is 9.55 Å². The van der Waals surface area contributed by atoms with E-state index in [0.29, 0.717) is 34.8 Å². The van der Waals surface area contributed by atoms with E-state index in [0.717, 1.165) is 18.4 Å². The molecule has 0 atom stereocenters. The van der Waals surface area contributed by atoms with Crippen molar-refractivity contribution in [3.05, 3.63) is 18.5 Å². The van der Waals surface area contributed by atoms with E-state index in [9.17, 15) is 0 Å². The summed E-state index contributed by atoms with van der Waals surface area (Å²) >= 11 is 0. The predicted octanol–water partition coefficient (Wildman–Crippen LogP) is 2.49. The molecule has 0 bridgehead atoms. The number of rotatable bonds is 5. The minimum absolute atomic E-state index is 0.484. The second-order valence-electron chi connectivity index (χ2n) is 5.02. The maximum atomic E-state index is 6.23. The summed E-state index contributed by atoms with van der Waals surface area (Å²) in [7, 11) is 4.80. The fraction of sp³-hybridized carbons (Fsp3) is 0.400. The third-order valence-electron chi connectivity index (χ3n) is 3.73. The van der Waals surface area contributed by atoms with E-state index < -0.39 is 0 Å². The van der Waals surface area contributed by atoms with E-state index in [1.165, 1.54) is 0 Å². The number of benzene rings is 1. The molecule has 0 unspecified atom stereocenters. The van der Waals surface area contributed by atoms with E-state index in [4.69, 9.17) is 19.9 Å². The van der Waals surface area contributed by atoms with Gasteiger partial charge in [0.1, 0.15) is 17.3 Å². The van der Waals surface area contributed by atoms with Gasteiger partial charge in [0.2, 0.25) is 0 Å². The third-order valence-corrected chi connectivity index (χ3v) is 3.73. The van der Waals surface area contributed by atoms with Crippen LogP contribution in [0.15, 0.2) is 18.5 Å². The molecule has 1 aromatic heterocycles. The van der Waals surface area contributed by atoms with Gasteiger partial charge < -0.3 is 24.5 Å². The SMILES string of the molecule is COc1cc(OC)c(-c2ncn(C3CC3)c2N)cc1OC. The lowest BCUT2D eigenvalue weighted by Crippen LogP contribution is -2.00. The van der Waals surface area contributed by atoms with Gasteiger partial charge in [0.05, 0.1) is 27.7 Å². The van der Waals surface area contributed by atoms with Gasteiger partial charge in [-0.1, -0.05) is 0 Å². The monoisotopic (exact) mass is 289 g/mol. The van der Waals surface area contributed by atoms with Crippen LogP contribution < -0.4 is 19.9 Å². The van der Waals surface area contributed by atoms with Crippen LogP contribution in [0.5, 0.6) is 17.2 Å². The molecule has 6 heteroatoms. The lowest BCUT2D eigenvalue weighted by molar-refractivity contribution is 0.349. The molecule has 1 aromatic carbocycles. The summed E-state index contributed by atoms with van der Waals surface area (Å²) in [4.78, 5) is 4.45. The second-order valence-corrected chi connectivity index (χ2v) is 5.02. The van der Waals surface area contributed by atoms with E-state index >= 15 is 0 Å². The van der Waals surface area contributed by atoms with Crippen molar-refractivity contribution in [1.29, 1.82) is 0 Å². The zero-order chi connectivity index (χ0) is 15.0. The Balaban J connectivity index is 2.12. The highest BCUT2D eigenvalue weighted by atomic mass is 16.5. The van der Waals surface area contributed by atoms with E-state index in [2.05, 4.69) is 4.98 Å². The van der Waals surface area contributed by atoms with Crippen molar-refractivity contribution in [2.45, 2.75) is 18.9 Å². The Kier molecular flexibility index (Phi) is 3.37. The number of ether oxygens (including phenoxy) is 3. The first kappa shape index (κ1) is 13.6. The van der Waals surface area contributed by atoms with Gasteiger partial charge in [0.15, 0.2) is 11.5 Å². The summed E-state index contributed by atoms with van der Waals surface area (Å²) < 4.78 is 18.1. The van der Waals surface area contributed by atoms with Gasteiger partial charge in [-0.05, 0) is 18.9 Å². The molecule has 112 valence electrons. The van der Waals surface area contributed by atoms with Crippen LogP contribution in [-0.2, 0) is 0 Å². The molecule has 21 heavy (non-hydrogen) atoms. The van der Waals surface area contributed by atoms with Crippen LogP contribution in [0.25, 0.3) is 11.3 Å². The van der Waals surface area contributed by atoms with Gasteiger partial charge in [0, 0.05) is 17.7 Å². The summed E-state index contributed by atoms with van der Waals surface area (Å²) in [5.41, 5.74) is 7.74. The second kappa shape index (κ2) is 5.20. The average Bonchev–Trinajstić information content (AvgIpc) is 3.29. The first-order valence-electron chi connectivity index (χ1n) is 6.82. The molecular formula is C15H19N3O3. The molecule has 0 radical (unpaired) electrons. The van der Waals surface area contributed by atoms with Gasteiger partial charge in [-0.15, -0.1) is 0 Å². The van der Waals surface area contributed by atoms with Crippen LogP contribution in [0.1, 0.15) is 18.9 Å². The van der Waals surface area contributed by atoms with Crippen LogP contribution in [-0.4, -0.2) is 30.9 Å². The van der Waals surface area contributed by atoms with Gasteiger partial charge in [-0.25, -0.2) is 4.98 Å². The molecule has 1 aliphatic carbocycles. The van der Waals surface area contributed by atoms with Crippen LogP contribution in [0, 0.1) is 0 Å². The molecule has 2 aromatic rings. The molecule has 0 saturated heterocycles. The number of aromatic nitrogens is 2. The Hall–Kier alpha value is -2.37. The highest BCUT2D eigenvalue weighted by molar-refractivity contribution is 5.78. The van der Waals surface area contributed by atoms with Gasteiger partial charge in [-0.2, -0.15) is 0 Å². The maximum Gasteiger partial charge on any atom is 0.164 e. The number of nitrogens with two attached hydrogens (primary N) is 1. The summed E-state index contributed by atoms with van der Waals surface area (Å²) in [6.07, 6.45) is 4.10. The van der Waals surface area contributed by atoms with E-state index in [-0.39, 0.29) is 0 Å². The van der Waals surface area contributed by atoms with Crippen LogP contribution in [0.3, 0.4) is 0 Å². The van der Waals surface area contributed by atoms with Gasteiger partial charge >= 0.3 is 0 Å². The Morgan fingerprint density at radius 1 is 1.05 bits per heavy atom. The highest BCUT2D eigenvalue weighted by Gasteiger charge is 2.27. The van der Waals surface area contributed by atoms with Crippen molar-refractivity contribution in [2.75, 3.05) is 27.1 Å². The first-order chi connectivity index (χ1) is 10.2. The fourth-order valence-corrected chi connectivity index (χ4v) is 2.44.